The maximum Gasteiger partial charge on any atom is 0.236 e. The van der Waals surface area contributed by atoms with Crippen molar-refractivity contribution in [3.8, 4) is 11.5 Å². The Balaban J connectivity index is 0.00000225. The Kier molecular flexibility index (Phi) is 6.22. The molecule has 1 amide bonds. The molecule has 1 aromatic carbocycles. The molecule has 2 N–H and O–H groups in total. The monoisotopic (exact) mass is 367 g/mol. The van der Waals surface area contributed by atoms with Crippen LogP contribution in [0.4, 0.5) is 5.82 Å². The van der Waals surface area contributed by atoms with Crippen LogP contribution in [0.3, 0.4) is 0 Å². The molecule has 3 rings (SSSR count). The number of halogens is 1. The van der Waals surface area contributed by atoms with Crippen molar-refractivity contribution in [2.24, 2.45) is 5.73 Å². The number of piperazine rings is 1. The summed E-state index contributed by atoms with van der Waals surface area (Å²) < 4.78 is 10.7. The first-order valence-electron chi connectivity index (χ1n) is 7.77. The maximum absolute atomic E-state index is 11.7. The Morgan fingerprint density at radius 2 is 1.76 bits per heavy atom. The fourth-order valence-corrected chi connectivity index (χ4v) is 2.92. The zero-order valence-electron chi connectivity index (χ0n) is 14.3. The van der Waals surface area contributed by atoms with Crippen LogP contribution in [0, 0.1) is 0 Å². The van der Waals surface area contributed by atoms with E-state index in [1.165, 1.54) is 0 Å². The Hall–Kier alpha value is -2.32. The summed E-state index contributed by atoms with van der Waals surface area (Å²) in [6, 6.07) is 3.73. The second-order valence-corrected chi connectivity index (χ2v) is 5.49. The predicted octanol–water partition coefficient (Wildman–Crippen LogP) is 0.676. The van der Waals surface area contributed by atoms with E-state index in [4.69, 9.17) is 15.2 Å². The quantitative estimate of drug-likeness (QED) is 0.849. The lowest BCUT2D eigenvalue weighted by Crippen LogP contribution is -2.50. The van der Waals surface area contributed by atoms with Crippen molar-refractivity contribution in [1.82, 2.24) is 14.9 Å². The number of fused-ring (bicyclic) bond motifs is 1. The van der Waals surface area contributed by atoms with Crippen LogP contribution in [-0.2, 0) is 4.79 Å². The van der Waals surface area contributed by atoms with Crippen molar-refractivity contribution in [1.29, 1.82) is 0 Å². The molecule has 136 valence electrons. The predicted molar refractivity (Wildman–Crippen MR) is 97.7 cm³/mol. The fourth-order valence-electron chi connectivity index (χ4n) is 2.92. The lowest BCUT2D eigenvalue weighted by Gasteiger charge is -2.35. The number of ether oxygens (including phenoxy) is 2. The standard InChI is InChI=1S/C16H21N5O3.ClH/c1-23-13-7-11-12(8-14(13)24-2)18-10-19-16(11)21-5-3-20(4-6-21)15(22)9-17;/h7-8,10H,3-6,9,17H2,1-2H3;1H. The number of aromatic nitrogens is 2. The fraction of sp³-hybridized carbons (Fsp3) is 0.438. The van der Waals surface area contributed by atoms with Crippen molar-refractivity contribution >= 4 is 35.0 Å². The van der Waals surface area contributed by atoms with Crippen molar-refractivity contribution in [3.63, 3.8) is 0 Å². The van der Waals surface area contributed by atoms with E-state index in [-0.39, 0.29) is 24.9 Å². The third-order valence-electron chi connectivity index (χ3n) is 4.23. The smallest absolute Gasteiger partial charge is 0.236 e. The number of benzene rings is 1. The van der Waals surface area contributed by atoms with Crippen molar-refractivity contribution < 1.29 is 14.3 Å². The van der Waals surface area contributed by atoms with Crippen molar-refractivity contribution in [2.75, 3.05) is 51.8 Å². The maximum atomic E-state index is 11.7. The first kappa shape index (κ1) is 19.0. The average Bonchev–Trinajstić information content (AvgIpc) is 2.65. The zero-order chi connectivity index (χ0) is 17.1. The van der Waals surface area contributed by atoms with Gasteiger partial charge < -0.3 is 25.0 Å². The Bertz CT molecular complexity index is 750. The minimum absolute atomic E-state index is 0. The van der Waals surface area contributed by atoms with Crippen LogP contribution >= 0.6 is 12.4 Å². The van der Waals surface area contributed by atoms with Gasteiger partial charge in [0.15, 0.2) is 11.5 Å². The lowest BCUT2D eigenvalue weighted by atomic mass is 10.2. The van der Waals surface area contributed by atoms with Crippen LogP contribution in [0.5, 0.6) is 11.5 Å². The Morgan fingerprint density at radius 1 is 1.12 bits per heavy atom. The van der Waals surface area contributed by atoms with E-state index in [9.17, 15) is 4.79 Å². The summed E-state index contributed by atoms with van der Waals surface area (Å²) in [6.07, 6.45) is 1.54. The van der Waals surface area contributed by atoms with E-state index in [0.29, 0.717) is 37.7 Å². The molecule has 1 aliphatic heterocycles. The minimum Gasteiger partial charge on any atom is -0.493 e. The molecule has 0 bridgehead atoms. The first-order chi connectivity index (χ1) is 11.7. The molecule has 0 saturated carbocycles. The van der Waals surface area contributed by atoms with Gasteiger partial charge in [-0.3, -0.25) is 4.79 Å². The molecule has 1 saturated heterocycles. The summed E-state index contributed by atoms with van der Waals surface area (Å²) in [5.41, 5.74) is 6.22. The SMILES string of the molecule is COc1cc2ncnc(N3CCN(C(=O)CN)CC3)c2cc1OC.Cl. The van der Waals surface area contributed by atoms with Crippen LogP contribution in [0.2, 0.25) is 0 Å². The molecule has 0 radical (unpaired) electrons. The third-order valence-corrected chi connectivity index (χ3v) is 4.23. The van der Waals surface area contributed by atoms with E-state index in [1.54, 1.807) is 25.4 Å². The van der Waals surface area contributed by atoms with Gasteiger partial charge in [-0.15, -0.1) is 12.4 Å². The van der Waals surface area contributed by atoms with E-state index >= 15 is 0 Å². The van der Waals surface area contributed by atoms with E-state index < -0.39 is 0 Å². The number of carbonyl (C=O) groups is 1. The average molecular weight is 368 g/mol. The van der Waals surface area contributed by atoms with Crippen LogP contribution in [0.1, 0.15) is 0 Å². The number of hydrogen-bond donors (Lipinski definition) is 1. The lowest BCUT2D eigenvalue weighted by molar-refractivity contribution is -0.129. The van der Waals surface area contributed by atoms with Gasteiger partial charge in [-0.1, -0.05) is 0 Å². The molecule has 1 aromatic heterocycles. The minimum atomic E-state index is -0.0198. The largest absolute Gasteiger partial charge is 0.493 e. The summed E-state index contributed by atoms with van der Waals surface area (Å²) in [7, 11) is 3.20. The van der Waals surface area contributed by atoms with Gasteiger partial charge in [-0.05, 0) is 6.07 Å². The van der Waals surface area contributed by atoms with E-state index in [1.807, 2.05) is 12.1 Å². The number of carbonyl (C=O) groups excluding carboxylic acids is 1. The number of anilines is 1. The number of nitrogens with zero attached hydrogens (tertiary/aromatic N) is 4. The molecule has 1 fully saturated rings. The molecular formula is C16H22ClN5O3. The van der Waals surface area contributed by atoms with Gasteiger partial charge in [-0.25, -0.2) is 9.97 Å². The summed E-state index contributed by atoms with van der Waals surface area (Å²) in [4.78, 5) is 24.4. The van der Waals surface area contributed by atoms with Gasteiger partial charge >= 0.3 is 0 Å². The zero-order valence-corrected chi connectivity index (χ0v) is 15.1. The van der Waals surface area contributed by atoms with Crippen LogP contribution in [0.25, 0.3) is 10.9 Å². The summed E-state index contributed by atoms with van der Waals surface area (Å²) >= 11 is 0. The number of amides is 1. The molecule has 0 spiro atoms. The van der Waals surface area contributed by atoms with E-state index in [2.05, 4.69) is 14.9 Å². The van der Waals surface area contributed by atoms with Crippen LogP contribution in [0.15, 0.2) is 18.5 Å². The molecule has 2 heterocycles. The van der Waals surface area contributed by atoms with Gasteiger partial charge in [0, 0.05) is 37.6 Å². The molecular weight excluding hydrogens is 346 g/mol. The molecule has 2 aromatic rings. The Morgan fingerprint density at radius 3 is 2.36 bits per heavy atom. The first-order valence-corrected chi connectivity index (χ1v) is 7.77. The third kappa shape index (κ3) is 3.69. The van der Waals surface area contributed by atoms with Crippen molar-refractivity contribution in [2.45, 2.75) is 0 Å². The van der Waals surface area contributed by atoms with Gasteiger partial charge in [0.2, 0.25) is 5.91 Å². The number of hydrogen-bond acceptors (Lipinski definition) is 7. The molecule has 9 heteroatoms. The highest BCUT2D eigenvalue weighted by Crippen LogP contribution is 2.34. The molecule has 0 unspecified atom stereocenters. The van der Waals surface area contributed by atoms with Gasteiger partial charge in [0.1, 0.15) is 12.1 Å². The summed E-state index contributed by atoms with van der Waals surface area (Å²) in [5, 5.41) is 0.897. The molecule has 8 nitrogen and oxygen atoms in total. The topological polar surface area (TPSA) is 93.8 Å². The molecule has 25 heavy (non-hydrogen) atoms. The van der Waals surface area contributed by atoms with Crippen LogP contribution < -0.4 is 20.1 Å². The second kappa shape index (κ2) is 8.17. The van der Waals surface area contributed by atoms with E-state index in [0.717, 1.165) is 16.7 Å². The van der Waals surface area contributed by atoms with Gasteiger partial charge in [0.05, 0.1) is 26.3 Å². The molecule has 0 atom stereocenters. The molecule has 1 aliphatic rings. The summed E-state index contributed by atoms with van der Waals surface area (Å²) in [6.45, 7) is 2.72. The van der Waals surface area contributed by atoms with Crippen LogP contribution in [-0.4, -0.2) is 67.7 Å². The Labute approximate surface area is 152 Å². The number of methoxy groups -OCH3 is 2. The number of nitrogens with two attached hydrogens (primary N) is 1. The second-order valence-electron chi connectivity index (χ2n) is 5.49. The van der Waals surface area contributed by atoms with Gasteiger partial charge in [0.25, 0.3) is 0 Å². The van der Waals surface area contributed by atoms with Gasteiger partial charge in [-0.2, -0.15) is 0 Å². The summed E-state index contributed by atoms with van der Waals surface area (Å²) in [5.74, 6) is 2.08. The highest BCUT2D eigenvalue weighted by molar-refractivity contribution is 5.92. The normalized spacial score (nSPS) is 14.2. The highest BCUT2D eigenvalue weighted by atomic mass is 35.5. The number of rotatable bonds is 4. The molecule has 0 aliphatic carbocycles. The van der Waals surface area contributed by atoms with Crippen molar-refractivity contribution in [3.05, 3.63) is 18.5 Å². The highest BCUT2D eigenvalue weighted by Gasteiger charge is 2.23.